The summed E-state index contributed by atoms with van der Waals surface area (Å²) in [5, 5.41) is 3.05. The van der Waals surface area contributed by atoms with E-state index >= 15 is 0 Å². The van der Waals surface area contributed by atoms with Gasteiger partial charge < -0.3 is 10.2 Å². The number of carbonyl (C=O) groups is 2. The van der Waals surface area contributed by atoms with Gasteiger partial charge in [-0.05, 0) is 55.7 Å². The quantitative estimate of drug-likeness (QED) is 0.213. The first-order chi connectivity index (χ1) is 20.7. The van der Waals surface area contributed by atoms with Crippen LogP contribution in [0, 0.1) is 6.92 Å². The summed E-state index contributed by atoms with van der Waals surface area (Å²) < 4.78 is 29.2. The predicted molar refractivity (Wildman–Crippen MR) is 171 cm³/mol. The normalized spacial score (nSPS) is 12.6. The molecule has 0 saturated carbocycles. The Kier molecular flexibility index (Phi) is 10.7. The van der Waals surface area contributed by atoms with E-state index in [1.54, 1.807) is 54.6 Å². The molecule has 2 atom stereocenters. The maximum atomic E-state index is 14.4. The zero-order chi connectivity index (χ0) is 30.8. The fourth-order valence-electron chi connectivity index (χ4n) is 4.74. The Labute approximate surface area is 255 Å². The lowest BCUT2D eigenvalue weighted by Gasteiger charge is -2.34. The molecule has 8 heteroatoms. The third-order valence-electron chi connectivity index (χ3n) is 7.40. The van der Waals surface area contributed by atoms with Crippen molar-refractivity contribution in [1.82, 2.24) is 10.2 Å². The number of nitrogens with zero attached hydrogens (tertiary/aromatic N) is 2. The predicted octanol–water partition coefficient (Wildman–Crippen LogP) is 5.75. The Balaban J connectivity index is 1.77. The summed E-state index contributed by atoms with van der Waals surface area (Å²) in [6, 6.07) is 33.1. The van der Waals surface area contributed by atoms with Gasteiger partial charge in [0.1, 0.15) is 12.6 Å². The van der Waals surface area contributed by atoms with E-state index in [-0.39, 0.29) is 29.8 Å². The van der Waals surface area contributed by atoms with Crippen LogP contribution in [0.1, 0.15) is 37.0 Å². The lowest BCUT2D eigenvalue weighted by Crippen LogP contribution is -2.54. The molecule has 0 aliphatic heterocycles. The number of hydrogen-bond donors (Lipinski definition) is 1. The zero-order valence-electron chi connectivity index (χ0n) is 24.9. The van der Waals surface area contributed by atoms with Crippen molar-refractivity contribution in [3.63, 3.8) is 0 Å². The van der Waals surface area contributed by atoms with Crippen LogP contribution in [-0.2, 0) is 32.6 Å². The van der Waals surface area contributed by atoms with Gasteiger partial charge in [-0.15, -0.1) is 0 Å². The molecule has 4 aromatic rings. The lowest BCUT2D eigenvalue weighted by atomic mass is 10.0. The molecule has 0 fully saturated rings. The highest BCUT2D eigenvalue weighted by Gasteiger charge is 2.34. The molecule has 0 aromatic heterocycles. The summed E-state index contributed by atoms with van der Waals surface area (Å²) in [5.74, 6) is -0.765. The topological polar surface area (TPSA) is 86.8 Å². The van der Waals surface area contributed by atoms with Crippen LogP contribution in [0.15, 0.2) is 120 Å². The Bertz CT molecular complexity index is 1580. The van der Waals surface area contributed by atoms with Crippen molar-refractivity contribution in [2.75, 3.05) is 10.8 Å². The molecule has 224 valence electrons. The average Bonchev–Trinajstić information content (AvgIpc) is 3.02. The number of hydrogen-bond acceptors (Lipinski definition) is 4. The molecule has 4 aromatic carbocycles. The minimum Gasteiger partial charge on any atom is -0.352 e. The summed E-state index contributed by atoms with van der Waals surface area (Å²) in [5.41, 5.74) is 3.01. The number of para-hydroxylation sites is 1. The fourth-order valence-corrected chi connectivity index (χ4v) is 6.15. The Hall–Kier alpha value is -4.43. The summed E-state index contributed by atoms with van der Waals surface area (Å²) in [7, 11) is -4.11. The van der Waals surface area contributed by atoms with E-state index in [9.17, 15) is 18.0 Å². The van der Waals surface area contributed by atoms with Crippen LogP contribution >= 0.6 is 0 Å². The van der Waals surface area contributed by atoms with Crippen LogP contribution in [0.5, 0.6) is 0 Å². The Morgan fingerprint density at radius 3 is 1.86 bits per heavy atom. The van der Waals surface area contributed by atoms with E-state index in [1.807, 2.05) is 81.4 Å². The third-order valence-corrected chi connectivity index (χ3v) is 9.19. The van der Waals surface area contributed by atoms with Crippen LogP contribution in [0.2, 0.25) is 0 Å². The molecule has 0 aliphatic carbocycles. The van der Waals surface area contributed by atoms with Gasteiger partial charge in [-0.3, -0.25) is 13.9 Å². The molecule has 0 radical (unpaired) electrons. The average molecular weight is 598 g/mol. The Morgan fingerprint density at radius 1 is 0.767 bits per heavy atom. The van der Waals surface area contributed by atoms with Crippen molar-refractivity contribution in [3.8, 4) is 0 Å². The van der Waals surface area contributed by atoms with Gasteiger partial charge in [-0.2, -0.15) is 0 Å². The van der Waals surface area contributed by atoms with E-state index in [2.05, 4.69) is 5.32 Å². The van der Waals surface area contributed by atoms with Gasteiger partial charge in [0.15, 0.2) is 0 Å². The van der Waals surface area contributed by atoms with Crippen LogP contribution in [0.3, 0.4) is 0 Å². The first kappa shape index (κ1) is 31.5. The number of carbonyl (C=O) groups excluding carboxylic acids is 2. The summed E-state index contributed by atoms with van der Waals surface area (Å²) in [6.45, 7) is 5.45. The SMILES string of the molecule is CC[C@H](C)NC(=O)[C@H](Cc1ccccc1)N(Cc1ccccc1)C(=O)CN(c1ccccc1)S(=O)(=O)c1ccc(C)cc1. The van der Waals surface area contributed by atoms with Gasteiger partial charge in [-0.25, -0.2) is 8.42 Å². The highest BCUT2D eigenvalue weighted by atomic mass is 32.2. The third kappa shape index (κ3) is 8.32. The first-order valence-electron chi connectivity index (χ1n) is 14.5. The van der Waals surface area contributed by atoms with Crippen LogP contribution in [0.4, 0.5) is 5.69 Å². The molecule has 7 nitrogen and oxygen atoms in total. The van der Waals surface area contributed by atoms with Gasteiger partial charge in [0.05, 0.1) is 10.6 Å². The molecule has 0 spiro atoms. The Morgan fingerprint density at radius 2 is 1.30 bits per heavy atom. The second-order valence-corrected chi connectivity index (χ2v) is 12.6. The largest absolute Gasteiger partial charge is 0.352 e. The minimum absolute atomic E-state index is 0.0831. The summed E-state index contributed by atoms with van der Waals surface area (Å²) in [6.07, 6.45) is 1.00. The van der Waals surface area contributed by atoms with E-state index in [0.29, 0.717) is 5.69 Å². The van der Waals surface area contributed by atoms with Gasteiger partial charge >= 0.3 is 0 Å². The smallest absolute Gasteiger partial charge is 0.264 e. The molecule has 0 bridgehead atoms. The van der Waals surface area contributed by atoms with Crippen molar-refractivity contribution >= 4 is 27.5 Å². The number of benzene rings is 4. The second-order valence-electron chi connectivity index (χ2n) is 10.7. The first-order valence-corrected chi connectivity index (χ1v) is 15.9. The molecule has 1 N–H and O–H groups in total. The van der Waals surface area contributed by atoms with Gasteiger partial charge in [0.25, 0.3) is 10.0 Å². The molecule has 0 aliphatic rings. The van der Waals surface area contributed by atoms with Crippen molar-refractivity contribution < 1.29 is 18.0 Å². The molecule has 4 rings (SSSR count). The number of sulfonamides is 1. The standard InChI is InChI=1S/C35H39N3O4S/c1-4-28(3)36-35(40)33(24-29-14-8-5-9-15-29)37(25-30-16-10-6-11-17-30)34(39)26-38(31-18-12-7-13-19-31)43(41,42)32-22-20-27(2)21-23-32/h5-23,28,33H,4,24-26H2,1-3H3,(H,36,40)/t28-,33-/m0/s1. The van der Waals surface area contributed by atoms with Gasteiger partial charge in [-0.1, -0.05) is 103 Å². The minimum atomic E-state index is -4.11. The molecule has 2 amide bonds. The van der Waals surface area contributed by atoms with Crippen LogP contribution in [0.25, 0.3) is 0 Å². The fraction of sp³-hybridized carbons (Fsp3) is 0.257. The molecule has 0 saturated heterocycles. The number of nitrogens with one attached hydrogen (secondary N) is 1. The van der Waals surface area contributed by atoms with Crippen molar-refractivity contribution in [1.29, 1.82) is 0 Å². The maximum Gasteiger partial charge on any atom is 0.264 e. The van der Waals surface area contributed by atoms with Crippen molar-refractivity contribution in [3.05, 3.63) is 132 Å². The summed E-state index contributed by atoms with van der Waals surface area (Å²) >= 11 is 0. The van der Waals surface area contributed by atoms with Crippen molar-refractivity contribution in [2.24, 2.45) is 0 Å². The summed E-state index contributed by atoms with van der Waals surface area (Å²) in [4.78, 5) is 29.8. The van der Waals surface area contributed by atoms with E-state index in [4.69, 9.17) is 0 Å². The van der Waals surface area contributed by atoms with E-state index < -0.39 is 28.5 Å². The maximum absolute atomic E-state index is 14.4. The number of aryl methyl sites for hydroxylation is 1. The molecule has 0 unspecified atom stereocenters. The van der Waals surface area contributed by atoms with Gasteiger partial charge in [0, 0.05) is 19.0 Å². The highest BCUT2D eigenvalue weighted by molar-refractivity contribution is 7.92. The molecule has 0 heterocycles. The number of amides is 2. The van der Waals surface area contributed by atoms with E-state index in [0.717, 1.165) is 27.4 Å². The van der Waals surface area contributed by atoms with E-state index in [1.165, 1.54) is 4.90 Å². The molecular formula is C35H39N3O4S. The number of anilines is 1. The molecule has 43 heavy (non-hydrogen) atoms. The monoisotopic (exact) mass is 597 g/mol. The second kappa shape index (κ2) is 14.6. The van der Waals surface area contributed by atoms with Crippen LogP contribution in [-0.4, -0.2) is 43.8 Å². The number of rotatable bonds is 13. The molecular weight excluding hydrogens is 558 g/mol. The highest BCUT2D eigenvalue weighted by Crippen LogP contribution is 2.25. The van der Waals surface area contributed by atoms with Crippen LogP contribution < -0.4 is 9.62 Å². The zero-order valence-corrected chi connectivity index (χ0v) is 25.7. The van der Waals surface area contributed by atoms with Crippen molar-refractivity contribution in [2.45, 2.75) is 57.1 Å². The van der Waals surface area contributed by atoms with Gasteiger partial charge in [0.2, 0.25) is 11.8 Å². The lowest BCUT2D eigenvalue weighted by molar-refractivity contribution is -0.140.